The summed E-state index contributed by atoms with van der Waals surface area (Å²) in [6, 6.07) is 4.67. The van der Waals surface area contributed by atoms with Gasteiger partial charge in [0.15, 0.2) is 5.82 Å². The van der Waals surface area contributed by atoms with Crippen LogP contribution in [0.4, 0.5) is 20.3 Å². The van der Waals surface area contributed by atoms with Gasteiger partial charge in [-0.05, 0) is 30.7 Å². The smallest absolute Gasteiger partial charge is 0.335 e. The molecule has 104 valence electrons. The quantitative estimate of drug-likeness (QED) is 0.847. The van der Waals surface area contributed by atoms with Crippen LogP contribution in [0.5, 0.6) is 0 Å². The first-order valence-electron chi connectivity index (χ1n) is 5.51. The van der Waals surface area contributed by atoms with E-state index in [0.29, 0.717) is 0 Å². The maximum atomic E-state index is 13.8. The summed E-state index contributed by atoms with van der Waals surface area (Å²) in [7, 11) is 0. The highest BCUT2D eigenvalue weighted by Gasteiger charge is 2.14. The molecule has 0 saturated heterocycles. The number of aromatic nitrogens is 1. The van der Waals surface area contributed by atoms with Gasteiger partial charge < -0.3 is 10.4 Å². The Labute approximate surface area is 118 Å². The van der Waals surface area contributed by atoms with E-state index in [4.69, 9.17) is 16.7 Å². The number of halogens is 3. The Kier molecular flexibility index (Phi) is 3.85. The van der Waals surface area contributed by atoms with Gasteiger partial charge in [-0.25, -0.2) is 18.6 Å². The standard InChI is InChI=1S/C13H9ClF2N2O2/c1-6-2-3-8(15)12(11(6)16)18-10-5-7(13(19)20)4-9(14)17-10/h2-5H,1H3,(H,17,18)(H,19,20). The second kappa shape index (κ2) is 5.42. The normalized spacial score (nSPS) is 10.4. The van der Waals surface area contributed by atoms with Crippen LogP contribution in [-0.4, -0.2) is 16.1 Å². The number of benzene rings is 1. The van der Waals surface area contributed by atoms with Crippen LogP contribution in [-0.2, 0) is 0 Å². The predicted octanol–water partition coefficient (Wildman–Crippen LogP) is 3.76. The molecule has 0 fully saturated rings. The maximum Gasteiger partial charge on any atom is 0.335 e. The number of nitrogens with one attached hydrogen (secondary N) is 1. The Morgan fingerprint density at radius 1 is 1.35 bits per heavy atom. The number of hydrogen-bond donors (Lipinski definition) is 2. The predicted molar refractivity (Wildman–Crippen MR) is 70.6 cm³/mol. The molecule has 4 nitrogen and oxygen atoms in total. The average molecular weight is 299 g/mol. The van der Waals surface area contributed by atoms with Gasteiger partial charge in [0.1, 0.15) is 22.5 Å². The molecule has 0 amide bonds. The van der Waals surface area contributed by atoms with Gasteiger partial charge in [-0.15, -0.1) is 0 Å². The molecule has 0 aliphatic carbocycles. The van der Waals surface area contributed by atoms with Crippen LogP contribution in [0.3, 0.4) is 0 Å². The van der Waals surface area contributed by atoms with Crippen LogP contribution in [0.25, 0.3) is 0 Å². The Hall–Kier alpha value is -2.21. The van der Waals surface area contributed by atoms with Crippen LogP contribution in [0, 0.1) is 18.6 Å². The van der Waals surface area contributed by atoms with Gasteiger partial charge in [0.25, 0.3) is 0 Å². The van der Waals surface area contributed by atoms with E-state index < -0.39 is 23.3 Å². The lowest BCUT2D eigenvalue weighted by molar-refractivity contribution is 0.0697. The van der Waals surface area contributed by atoms with Gasteiger partial charge in [0.2, 0.25) is 0 Å². The molecule has 0 radical (unpaired) electrons. The second-order valence-corrected chi connectivity index (χ2v) is 4.43. The molecule has 0 aliphatic heterocycles. The van der Waals surface area contributed by atoms with Crippen molar-refractivity contribution in [2.45, 2.75) is 6.92 Å². The van der Waals surface area contributed by atoms with Gasteiger partial charge in [-0.1, -0.05) is 17.7 Å². The Bertz CT molecular complexity index is 692. The molecule has 0 bridgehead atoms. The zero-order chi connectivity index (χ0) is 14.9. The average Bonchev–Trinajstić information content (AvgIpc) is 2.38. The fraction of sp³-hybridized carbons (Fsp3) is 0.0769. The van der Waals surface area contributed by atoms with Crippen molar-refractivity contribution in [1.29, 1.82) is 0 Å². The fourth-order valence-corrected chi connectivity index (χ4v) is 1.79. The lowest BCUT2D eigenvalue weighted by Gasteiger charge is -2.10. The summed E-state index contributed by atoms with van der Waals surface area (Å²) in [4.78, 5) is 14.7. The zero-order valence-electron chi connectivity index (χ0n) is 10.2. The van der Waals surface area contributed by atoms with Crippen molar-refractivity contribution < 1.29 is 18.7 Å². The summed E-state index contributed by atoms with van der Waals surface area (Å²) in [6.45, 7) is 1.48. The lowest BCUT2D eigenvalue weighted by atomic mass is 10.2. The molecular formula is C13H9ClF2N2O2. The van der Waals surface area contributed by atoms with E-state index >= 15 is 0 Å². The van der Waals surface area contributed by atoms with Crippen molar-refractivity contribution in [1.82, 2.24) is 4.98 Å². The van der Waals surface area contributed by atoms with Gasteiger partial charge in [0.05, 0.1) is 5.56 Å². The molecular weight excluding hydrogens is 290 g/mol. The topological polar surface area (TPSA) is 62.2 Å². The first kappa shape index (κ1) is 14.2. The number of carboxylic acids is 1. The monoisotopic (exact) mass is 298 g/mol. The molecule has 20 heavy (non-hydrogen) atoms. The largest absolute Gasteiger partial charge is 0.478 e. The minimum absolute atomic E-state index is 0.0571. The molecule has 0 aliphatic rings. The lowest BCUT2D eigenvalue weighted by Crippen LogP contribution is -2.04. The van der Waals surface area contributed by atoms with Crippen LogP contribution < -0.4 is 5.32 Å². The third-order valence-corrected chi connectivity index (χ3v) is 2.77. The van der Waals surface area contributed by atoms with Gasteiger partial charge in [0, 0.05) is 0 Å². The zero-order valence-corrected chi connectivity index (χ0v) is 11.0. The molecule has 0 unspecified atom stereocenters. The van der Waals surface area contributed by atoms with E-state index in [9.17, 15) is 13.6 Å². The van der Waals surface area contributed by atoms with Gasteiger partial charge in [-0.2, -0.15) is 0 Å². The van der Waals surface area contributed by atoms with Gasteiger partial charge >= 0.3 is 5.97 Å². The number of pyridine rings is 1. The van der Waals surface area contributed by atoms with Crippen molar-refractivity contribution in [2.24, 2.45) is 0 Å². The highest BCUT2D eigenvalue weighted by molar-refractivity contribution is 6.29. The number of carboxylic acid groups (broad SMARTS) is 1. The number of anilines is 2. The molecule has 2 aromatic rings. The number of aryl methyl sites for hydroxylation is 1. The fourth-order valence-electron chi connectivity index (χ4n) is 1.58. The van der Waals surface area contributed by atoms with Crippen LogP contribution in [0.15, 0.2) is 24.3 Å². The molecule has 1 heterocycles. The summed E-state index contributed by atoms with van der Waals surface area (Å²) in [5.74, 6) is -2.86. The Balaban J connectivity index is 2.45. The molecule has 0 atom stereocenters. The molecule has 2 N–H and O–H groups in total. The first-order chi connectivity index (χ1) is 9.38. The van der Waals surface area contributed by atoms with E-state index in [1.54, 1.807) is 0 Å². The van der Waals surface area contributed by atoms with Crippen LogP contribution in [0.1, 0.15) is 15.9 Å². The minimum atomic E-state index is -1.22. The second-order valence-electron chi connectivity index (χ2n) is 4.05. The van der Waals surface area contributed by atoms with E-state index in [1.165, 1.54) is 13.0 Å². The van der Waals surface area contributed by atoms with Crippen LogP contribution in [0.2, 0.25) is 5.15 Å². The molecule has 7 heteroatoms. The van der Waals surface area contributed by atoms with Crippen LogP contribution >= 0.6 is 11.6 Å². The number of aromatic carboxylic acids is 1. The van der Waals surface area contributed by atoms with Crippen molar-refractivity contribution in [3.8, 4) is 0 Å². The molecule has 1 aromatic heterocycles. The van der Waals surface area contributed by atoms with E-state index in [0.717, 1.165) is 18.2 Å². The number of nitrogens with zero attached hydrogens (tertiary/aromatic N) is 1. The van der Waals surface area contributed by atoms with Gasteiger partial charge in [-0.3, -0.25) is 0 Å². The molecule has 2 rings (SSSR count). The van der Waals surface area contributed by atoms with Crippen molar-refractivity contribution >= 4 is 29.1 Å². The number of carbonyl (C=O) groups is 1. The Morgan fingerprint density at radius 3 is 2.70 bits per heavy atom. The van der Waals surface area contributed by atoms with Crippen molar-refractivity contribution in [3.63, 3.8) is 0 Å². The van der Waals surface area contributed by atoms with E-state index in [2.05, 4.69) is 10.3 Å². The molecule has 1 aromatic carbocycles. The summed E-state index contributed by atoms with van der Waals surface area (Å²) in [5.41, 5.74) is -0.300. The van der Waals surface area contributed by atoms with E-state index in [-0.39, 0.29) is 22.1 Å². The summed E-state index contributed by atoms with van der Waals surface area (Å²) < 4.78 is 27.4. The van der Waals surface area contributed by atoms with E-state index in [1.807, 2.05) is 0 Å². The highest BCUT2D eigenvalue weighted by atomic mass is 35.5. The summed E-state index contributed by atoms with van der Waals surface area (Å²) in [5, 5.41) is 11.2. The first-order valence-corrected chi connectivity index (χ1v) is 5.89. The third-order valence-electron chi connectivity index (χ3n) is 2.58. The maximum absolute atomic E-state index is 13.8. The highest BCUT2D eigenvalue weighted by Crippen LogP contribution is 2.26. The SMILES string of the molecule is Cc1ccc(F)c(Nc2cc(C(=O)O)cc(Cl)n2)c1F. The molecule has 0 spiro atoms. The minimum Gasteiger partial charge on any atom is -0.478 e. The molecule has 0 saturated carbocycles. The van der Waals surface area contributed by atoms with Crippen molar-refractivity contribution in [3.05, 3.63) is 52.2 Å². The third kappa shape index (κ3) is 2.85. The Morgan fingerprint density at radius 2 is 2.05 bits per heavy atom. The summed E-state index contributed by atoms with van der Waals surface area (Å²) >= 11 is 5.67. The summed E-state index contributed by atoms with van der Waals surface area (Å²) in [6.07, 6.45) is 0. The number of rotatable bonds is 3. The number of hydrogen-bond acceptors (Lipinski definition) is 3. The van der Waals surface area contributed by atoms with Crippen molar-refractivity contribution in [2.75, 3.05) is 5.32 Å².